The Kier molecular flexibility index (Phi) is 51.5. The molecule has 0 aliphatic rings. The predicted octanol–water partition coefficient (Wildman–Crippen LogP) is 18.3. The van der Waals surface area contributed by atoms with Crippen LogP contribution in [-0.4, -0.2) is 37.2 Å². The van der Waals surface area contributed by atoms with Crippen molar-refractivity contribution < 1.29 is 28.6 Å². The van der Waals surface area contributed by atoms with Crippen LogP contribution >= 0.6 is 0 Å². The van der Waals surface area contributed by atoms with Gasteiger partial charge in [0.25, 0.3) is 0 Å². The van der Waals surface area contributed by atoms with E-state index in [1.807, 2.05) is 0 Å². The molecule has 0 N–H and O–H groups in total. The van der Waals surface area contributed by atoms with E-state index < -0.39 is 6.10 Å². The average molecular weight is 929 g/mol. The first kappa shape index (κ1) is 63.1. The molecule has 0 radical (unpaired) electrons. The predicted molar refractivity (Wildman–Crippen MR) is 288 cm³/mol. The molecule has 1 unspecified atom stereocenters. The van der Waals surface area contributed by atoms with E-state index in [1.165, 1.54) is 70.6 Å². The Hall–Kier alpha value is -3.93. The third kappa shape index (κ3) is 52.9. The summed E-state index contributed by atoms with van der Waals surface area (Å²) in [5.41, 5.74) is 0. The molecule has 0 aromatic heterocycles. The van der Waals surface area contributed by atoms with Crippen LogP contribution in [0.2, 0.25) is 0 Å². The minimum Gasteiger partial charge on any atom is -0.462 e. The van der Waals surface area contributed by atoms with E-state index in [0.29, 0.717) is 12.8 Å². The molecule has 1 atom stereocenters. The van der Waals surface area contributed by atoms with E-state index in [-0.39, 0.29) is 37.5 Å². The zero-order chi connectivity index (χ0) is 48.6. The zero-order valence-electron chi connectivity index (χ0n) is 43.4. The summed E-state index contributed by atoms with van der Waals surface area (Å²) < 4.78 is 16.7. The first-order chi connectivity index (χ1) is 33.0. The highest BCUT2D eigenvalue weighted by Gasteiger charge is 2.19. The van der Waals surface area contributed by atoms with Gasteiger partial charge >= 0.3 is 17.9 Å². The number of esters is 3. The van der Waals surface area contributed by atoms with Gasteiger partial charge in [-0.2, -0.15) is 0 Å². The topological polar surface area (TPSA) is 78.9 Å². The zero-order valence-corrected chi connectivity index (χ0v) is 43.4. The summed E-state index contributed by atoms with van der Waals surface area (Å²) >= 11 is 0. The Bertz CT molecular complexity index is 1390. The summed E-state index contributed by atoms with van der Waals surface area (Å²) in [7, 11) is 0. The number of hydrogen-bond acceptors (Lipinski definition) is 6. The van der Waals surface area contributed by atoms with Crippen LogP contribution in [0.5, 0.6) is 0 Å². The standard InChI is InChI=1S/C61H100O6/c1-4-7-10-13-16-19-21-23-24-25-26-27-28-29-30-31-32-33-34-35-36-38-39-42-45-48-51-54-60(63)66-57-58(56-65-59(62)53-50-47-44-41-18-15-12-9-6-3)67-61(64)55-52-49-46-43-40-37-22-20-17-14-11-8-5-2/h7-8,10-11,16-17,19-20,23-24,26-27,29-30,32-33,37,40,58H,4-6,9,12-15,18,21-22,25,28,31,34-36,38-39,41-57H2,1-3H3/b10-7-,11-8-,19-16-,20-17-,24-23-,27-26-,30-29-,33-32-,40-37-. The number of allylic oxidation sites excluding steroid dienone is 18. The summed E-state index contributed by atoms with van der Waals surface area (Å²) in [5.74, 6) is -0.937. The van der Waals surface area contributed by atoms with E-state index in [1.54, 1.807) is 0 Å². The average Bonchev–Trinajstić information content (AvgIpc) is 3.33. The normalized spacial score (nSPS) is 12.9. The summed E-state index contributed by atoms with van der Waals surface area (Å²) in [6.45, 7) is 6.35. The van der Waals surface area contributed by atoms with Crippen LogP contribution in [0.3, 0.4) is 0 Å². The number of carbonyl (C=O) groups excluding carboxylic acids is 3. The van der Waals surface area contributed by atoms with Crippen molar-refractivity contribution in [3.8, 4) is 0 Å². The van der Waals surface area contributed by atoms with E-state index in [0.717, 1.165) is 128 Å². The van der Waals surface area contributed by atoms with Gasteiger partial charge in [0.15, 0.2) is 6.10 Å². The third-order valence-electron chi connectivity index (χ3n) is 11.3. The molecular weight excluding hydrogens is 829 g/mol. The number of unbranched alkanes of at least 4 members (excludes halogenated alkanes) is 19. The number of ether oxygens (including phenoxy) is 3. The maximum atomic E-state index is 12.8. The van der Waals surface area contributed by atoms with E-state index in [4.69, 9.17) is 14.2 Å². The number of carbonyl (C=O) groups is 3. The fraction of sp³-hybridized carbons (Fsp3) is 0.656. The molecule has 0 saturated heterocycles. The highest BCUT2D eigenvalue weighted by molar-refractivity contribution is 5.71. The minimum atomic E-state index is -0.795. The fourth-order valence-electron chi connectivity index (χ4n) is 7.22. The van der Waals surface area contributed by atoms with Gasteiger partial charge in [-0.25, -0.2) is 0 Å². The first-order valence-electron chi connectivity index (χ1n) is 27.4. The summed E-state index contributed by atoms with van der Waals surface area (Å²) in [5, 5.41) is 0. The Morgan fingerprint density at radius 1 is 0.313 bits per heavy atom. The number of hydrogen-bond donors (Lipinski definition) is 0. The van der Waals surface area contributed by atoms with Crippen molar-refractivity contribution in [2.24, 2.45) is 0 Å². The second-order valence-electron chi connectivity index (χ2n) is 17.7. The van der Waals surface area contributed by atoms with Gasteiger partial charge in [0.2, 0.25) is 0 Å². The molecular formula is C61H100O6. The molecule has 0 heterocycles. The van der Waals surface area contributed by atoms with Gasteiger partial charge < -0.3 is 14.2 Å². The molecule has 67 heavy (non-hydrogen) atoms. The first-order valence-corrected chi connectivity index (χ1v) is 27.4. The van der Waals surface area contributed by atoms with Crippen molar-refractivity contribution in [2.45, 2.75) is 245 Å². The molecule has 380 valence electrons. The van der Waals surface area contributed by atoms with Crippen LogP contribution in [-0.2, 0) is 28.6 Å². The highest BCUT2D eigenvalue weighted by atomic mass is 16.6. The molecule has 0 aromatic rings. The number of rotatable bonds is 48. The molecule has 0 spiro atoms. The fourth-order valence-corrected chi connectivity index (χ4v) is 7.22. The lowest BCUT2D eigenvalue weighted by atomic mass is 10.1. The largest absolute Gasteiger partial charge is 0.462 e. The van der Waals surface area contributed by atoms with Gasteiger partial charge in [0.1, 0.15) is 13.2 Å². The van der Waals surface area contributed by atoms with Crippen molar-refractivity contribution >= 4 is 17.9 Å². The van der Waals surface area contributed by atoms with Crippen molar-refractivity contribution in [2.75, 3.05) is 13.2 Å². The summed E-state index contributed by atoms with van der Waals surface area (Å²) in [6, 6.07) is 0. The summed E-state index contributed by atoms with van der Waals surface area (Å²) in [6.07, 6.45) is 73.8. The van der Waals surface area contributed by atoms with E-state index in [9.17, 15) is 14.4 Å². The van der Waals surface area contributed by atoms with Crippen molar-refractivity contribution in [3.63, 3.8) is 0 Å². The second kappa shape index (κ2) is 54.7. The van der Waals surface area contributed by atoms with Gasteiger partial charge in [0, 0.05) is 19.3 Å². The monoisotopic (exact) mass is 929 g/mol. The molecule has 0 amide bonds. The molecule has 6 nitrogen and oxygen atoms in total. The van der Waals surface area contributed by atoms with Crippen LogP contribution < -0.4 is 0 Å². The lowest BCUT2D eigenvalue weighted by Gasteiger charge is -2.18. The smallest absolute Gasteiger partial charge is 0.306 e. The highest BCUT2D eigenvalue weighted by Crippen LogP contribution is 2.14. The molecule has 0 bridgehead atoms. The maximum Gasteiger partial charge on any atom is 0.306 e. The van der Waals surface area contributed by atoms with Crippen LogP contribution in [0.1, 0.15) is 239 Å². The van der Waals surface area contributed by atoms with Crippen molar-refractivity contribution in [3.05, 3.63) is 109 Å². The molecule has 0 aliphatic heterocycles. The Balaban J connectivity index is 4.26. The lowest BCUT2D eigenvalue weighted by Crippen LogP contribution is -2.30. The van der Waals surface area contributed by atoms with Crippen LogP contribution in [0.25, 0.3) is 0 Å². The van der Waals surface area contributed by atoms with Crippen molar-refractivity contribution in [1.82, 2.24) is 0 Å². The summed E-state index contributed by atoms with van der Waals surface area (Å²) in [4.78, 5) is 37.9. The molecule has 0 saturated carbocycles. The molecule has 0 rings (SSSR count). The third-order valence-corrected chi connectivity index (χ3v) is 11.3. The van der Waals surface area contributed by atoms with Crippen molar-refractivity contribution in [1.29, 1.82) is 0 Å². The quantitative estimate of drug-likeness (QED) is 0.0262. The molecule has 0 aliphatic carbocycles. The van der Waals surface area contributed by atoms with Gasteiger partial charge in [-0.15, -0.1) is 0 Å². The Labute approximate surface area is 412 Å². The molecule has 6 heteroatoms. The van der Waals surface area contributed by atoms with Gasteiger partial charge in [-0.1, -0.05) is 226 Å². The van der Waals surface area contributed by atoms with Gasteiger partial charge in [-0.05, 0) is 103 Å². The second-order valence-corrected chi connectivity index (χ2v) is 17.7. The lowest BCUT2D eigenvalue weighted by molar-refractivity contribution is -0.167. The van der Waals surface area contributed by atoms with Gasteiger partial charge in [-0.3, -0.25) is 14.4 Å². The molecule has 0 fully saturated rings. The minimum absolute atomic E-state index is 0.0925. The Morgan fingerprint density at radius 2 is 0.582 bits per heavy atom. The van der Waals surface area contributed by atoms with Crippen LogP contribution in [0.15, 0.2) is 109 Å². The van der Waals surface area contributed by atoms with Gasteiger partial charge in [0.05, 0.1) is 0 Å². The maximum absolute atomic E-state index is 12.8. The van der Waals surface area contributed by atoms with E-state index in [2.05, 4.69) is 130 Å². The van der Waals surface area contributed by atoms with E-state index >= 15 is 0 Å². The Morgan fingerprint density at radius 3 is 0.925 bits per heavy atom. The molecule has 0 aromatic carbocycles. The van der Waals surface area contributed by atoms with Crippen LogP contribution in [0.4, 0.5) is 0 Å². The van der Waals surface area contributed by atoms with Crippen LogP contribution in [0, 0.1) is 0 Å². The SMILES string of the molecule is CC/C=C\C/C=C\C/C=C\C/C=C\C/C=C\C/C=C\CCCCCCCCCCC(=O)OCC(COC(=O)CCCCCCCCCCC)OC(=O)CCCCC/C=C\C/C=C\C/C=C\CC.